The molecular weight excluding hydrogens is 425 g/mol. The molecule has 0 unspecified atom stereocenters. The van der Waals surface area contributed by atoms with Gasteiger partial charge in [-0.15, -0.1) is 24.0 Å². The van der Waals surface area contributed by atoms with Crippen molar-refractivity contribution in [2.45, 2.75) is 19.4 Å². The topological polar surface area (TPSA) is 36.9 Å². The number of halogens is 2. The SMILES string of the molecule is CN=C(NCCC1=CCOCC1)N(C)Cc1ccccc1Cl.I. The Balaban J connectivity index is 0.00000264. The maximum absolute atomic E-state index is 6.22. The molecule has 1 heterocycles. The number of aliphatic imine (C=N–C) groups is 1. The summed E-state index contributed by atoms with van der Waals surface area (Å²) in [4.78, 5) is 6.42. The summed E-state index contributed by atoms with van der Waals surface area (Å²) in [6, 6.07) is 7.90. The van der Waals surface area contributed by atoms with Crippen LogP contribution >= 0.6 is 35.6 Å². The molecule has 0 amide bonds. The van der Waals surface area contributed by atoms with E-state index in [-0.39, 0.29) is 24.0 Å². The summed E-state index contributed by atoms with van der Waals surface area (Å²) in [5.74, 6) is 0.882. The van der Waals surface area contributed by atoms with Crippen LogP contribution in [0.1, 0.15) is 18.4 Å². The zero-order valence-electron chi connectivity index (χ0n) is 13.7. The van der Waals surface area contributed by atoms with Gasteiger partial charge in [0.25, 0.3) is 0 Å². The summed E-state index contributed by atoms with van der Waals surface area (Å²) in [6.45, 7) is 3.20. The molecule has 0 aliphatic carbocycles. The first kappa shape index (κ1) is 20.3. The summed E-state index contributed by atoms with van der Waals surface area (Å²) in [5.41, 5.74) is 2.56. The number of hydrogen-bond donors (Lipinski definition) is 1. The molecule has 1 aromatic carbocycles. The molecule has 1 N–H and O–H groups in total. The van der Waals surface area contributed by atoms with Gasteiger partial charge in [0, 0.05) is 32.2 Å². The first-order valence-electron chi connectivity index (χ1n) is 7.61. The molecule has 0 saturated heterocycles. The number of rotatable bonds is 5. The van der Waals surface area contributed by atoms with Crippen molar-refractivity contribution in [2.24, 2.45) is 4.99 Å². The summed E-state index contributed by atoms with van der Waals surface area (Å²) in [7, 11) is 3.82. The van der Waals surface area contributed by atoms with Gasteiger partial charge < -0.3 is 15.0 Å². The lowest BCUT2D eigenvalue weighted by Crippen LogP contribution is -2.39. The van der Waals surface area contributed by atoms with E-state index < -0.39 is 0 Å². The smallest absolute Gasteiger partial charge is 0.193 e. The molecule has 0 radical (unpaired) electrons. The van der Waals surface area contributed by atoms with Crippen molar-refractivity contribution in [1.82, 2.24) is 10.2 Å². The maximum atomic E-state index is 6.22. The van der Waals surface area contributed by atoms with E-state index in [1.807, 2.05) is 31.3 Å². The third-order valence-electron chi connectivity index (χ3n) is 3.73. The Hall–Kier alpha value is -0.790. The van der Waals surface area contributed by atoms with Crippen LogP contribution in [0, 0.1) is 0 Å². The van der Waals surface area contributed by atoms with E-state index in [9.17, 15) is 0 Å². The molecule has 6 heteroatoms. The minimum Gasteiger partial charge on any atom is -0.377 e. The van der Waals surface area contributed by atoms with Gasteiger partial charge in [0.1, 0.15) is 0 Å². The van der Waals surface area contributed by atoms with Crippen molar-refractivity contribution >= 4 is 41.5 Å². The monoisotopic (exact) mass is 449 g/mol. The number of hydrogen-bond acceptors (Lipinski definition) is 2. The van der Waals surface area contributed by atoms with Crippen molar-refractivity contribution in [1.29, 1.82) is 0 Å². The zero-order chi connectivity index (χ0) is 15.8. The molecule has 1 aliphatic heterocycles. The van der Waals surface area contributed by atoms with Crippen molar-refractivity contribution in [2.75, 3.05) is 33.9 Å². The Labute approximate surface area is 161 Å². The molecule has 0 aromatic heterocycles. The lowest BCUT2D eigenvalue weighted by molar-refractivity contribution is 0.153. The van der Waals surface area contributed by atoms with Gasteiger partial charge in [-0.3, -0.25) is 4.99 Å². The first-order chi connectivity index (χ1) is 10.7. The standard InChI is InChI=1S/C17H24ClN3O.HI/c1-19-17(20-10-7-14-8-11-22-12-9-14)21(2)13-15-5-3-4-6-16(15)18;/h3-6,8H,7,9-13H2,1-2H3,(H,19,20);1H. The normalized spacial score (nSPS) is 14.7. The third-order valence-corrected chi connectivity index (χ3v) is 4.09. The van der Waals surface area contributed by atoms with Crippen LogP contribution in [0.4, 0.5) is 0 Å². The minimum absolute atomic E-state index is 0. The van der Waals surface area contributed by atoms with Gasteiger partial charge >= 0.3 is 0 Å². The van der Waals surface area contributed by atoms with E-state index in [2.05, 4.69) is 21.3 Å². The molecule has 0 spiro atoms. The molecule has 2 rings (SSSR count). The van der Waals surface area contributed by atoms with Crippen molar-refractivity contribution in [3.63, 3.8) is 0 Å². The Kier molecular flexibility index (Phi) is 9.59. The van der Waals surface area contributed by atoms with E-state index >= 15 is 0 Å². The second-order valence-electron chi connectivity index (χ2n) is 5.36. The third kappa shape index (κ3) is 6.69. The van der Waals surface area contributed by atoms with Crippen LogP contribution < -0.4 is 5.32 Å². The molecule has 0 saturated carbocycles. The Morgan fingerprint density at radius 3 is 2.83 bits per heavy atom. The highest BCUT2D eigenvalue weighted by molar-refractivity contribution is 14.0. The molecule has 23 heavy (non-hydrogen) atoms. The largest absolute Gasteiger partial charge is 0.377 e. The van der Waals surface area contributed by atoms with Gasteiger partial charge in [0.15, 0.2) is 5.96 Å². The fraction of sp³-hybridized carbons (Fsp3) is 0.471. The number of benzene rings is 1. The van der Waals surface area contributed by atoms with Crippen LogP contribution in [-0.4, -0.2) is 44.7 Å². The summed E-state index contributed by atoms with van der Waals surface area (Å²) in [6.07, 6.45) is 4.25. The van der Waals surface area contributed by atoms with E-state index in [4.69, 9.17) is 16.3 Å². The number of nitrogens with zero attached hydrogens (tertiary/aromatic N) is 2. The van der Waals surface area contributed by atoms with Crippen LogP contribution in [0.5, 0.6) is 0 Å². The Bertz CT molecular complexity index is 548. The maximum Gasteiger partial charge on any atom is 0.193 e. The quantitative estimate of drug-likeness (QED) is 0.322. The number of nitrogens with one attached hydrogen (secondary N) is 1. The van der Waals surface area contributed by atoms with Crippen LogP contribution in [0.2, 0.25) is 5.02 Å². The Morgan fingerprint density at radius 1 is 1.39 bits per heavy atom. The van der Waals surface area contributed by atoms with E-state index in [1.165, 1.54) is 5.57 Å². The van der Waals surface area contributed by atoms with Gasteiger partial charge in [0.2, 0.25) is 0 Å². The molecular formula is C17H25ClIN3O. The lowest BCUT2D eigenvalue weighted by Gasteiger charge is -2.23. The summed E-state index contributed by atoms with van der Waals surface area (Å²) in [5, 5.41) is 4.20. The van der Waals surface area contributed by atoms with Crippen LogP contribution in [-0.2, 0) is 11.3 Å². The fourth-order valence-electron chi connectivity index (χ4n) is 2.47. The minimum atomic E-state index is 0. The van der Waals surface area contributed by atoms with Crippen LogP contribution in [0.25, 0.3) is 0 Å². The van der Waals surface area contributed by atoms with E-state index in [1.54, 1.807) is 7.05 Å². The fourth-order valence-corrected chi connectivity index (χ4v) is 2.66. The van der Waals surface area contributed by atoms with Crippen molar-refractivity contribution in [3.05, 3.63) is 46.5 Å². The molecule has 1 aromatic rings. The predicted octanol–water partition coefficient (Wildman–Crippen LogP) is 3.70. The molecule has 0 atom stereocenters. The molecule has 4 nitrogen and oxygen atoms in total. The summed E-state index contributed by atoms with van der Waals surface area (Å²) >= 11 is 6.22. The van der Waals surface area contributed by atoms with Gasteiger partial charge in [-0.25, -0.2) is 0 Å². The molecule has 128 valence electrons. The molecule has 0 fully saturated rings. The second-order valence-corrected chi connectivity index (χ2v) is 5.77. The predicted molar refractivity (Wildman–Crippen MR) is 108 cm³/mol. The lowest BCUT2D eigenvalue weighted by atomic mass is 10.1. The van der Waals surface area contributed by atoms with Crippen molar-refractivity contribution < 1.29 is 4.74 Å². The van der Waals surface area contributed by atoms with Gasteiger partial charge in [-0.05, 0) is 24.5 Å². The average molecular weight is 450 g/mol. The van der Waals surface area contributed by atoms with Gasteiger partial charge in [-0.2, -0.15) is 0 Å². The highest BCUT2D eigenvalue weighted by atomic mass is 127. The highest BCUT2D eigenvalue weighted by Crippen LogP contribution is 2.16. The van der Waals surface area contributed by atoms with Gasteiger partial charge in [0.05, 0.1) is 13.2 Å². The van der Waals surface area contributed by atoms with Crippen LogP contribution in [0.15, 0.2) is 40.9 Å². The molecule has 0 bridgehead atoms. The summed E-state index contributed by atoms with van der Waals surface area (Å²) < 4.78 is 5.32. The van der Waals surface area contributed by atoms with Crippen molar-refractivity contribution in [3.8, 4) is 0 Å². The van der Waals surface area contributed by atoms with E-state index in [0.717, 1.165) is 55.7 Å². The number of ether oxygens (including phenoxy) is 1. The first-order valence-corrected chi connectivity index (χ1v) is 7.99. The van der Waals surface area contributed by atoms with E-state index in [0.29, 0.717) is 0 Å². The second kappa shape index (κ2) is 10.9. The average Bonchev–Trinajstić information content (AvgIpc) is 2.54. The van der Waals surface area contributed by atoms with Gasteiger partial charge in [-0.1, -0.05) is 41.4 Å². The number of guanidine groups is 1. The van der Waals surface area contributed by atoms with Crippen LogP contribution in [0.3, 0.4) is 0 Å². The molecule has 1 aliphatic rings. The Morgan fingerprint density at radius 2 is 2.17 bits per heavy atom. The zero-order valence-corrected chi connectivity index (χ0v) is 16.8. The highest BCUT2D eigenvalue weighted by Gasteiger charge is 2.09.